The van der Waals surface area contributed by atoms with Gasteiger partial charge in [-0.2, -0.15) is 0 Å². The molecule has 0 aromatic heterocycles. The van der Waals surface area contributed by atoms with Crippen molar-refractivity contribution in [3.63, 3.8) is 0 Å². The molecule has 0 atom stereocenters. The zero-order valence-electron chi connectivity index (χ0n) is 20.0. The number of carbonyl (C=O) groups is 3. The van der Waals surface area contributed by atoms with Gasteiger partial charge in [-0.25, -0.2) is 0 Å². The maximum absolute atomic E-state index is 13.2. The molecule has 2 N–H and O–H groups in total. The van der Waals surface area contributed by atoms with Gasteiger partial charge in [0.25, 0.3) is 11.8 Å². The summed E-state index contributed by atoms with van der Waals surface area (Å²) in [5.74, 6) is -1.08. The van der Waals surface area contributed by atoms with E-state index in [0.717, 1.165) is 15.6 Å². The number of nitrogens with one attached hydrogen (secondary N) is 2. The van der Waals surface area contributed by atoms with Gasteiger partial charge in [-0.3, -0.25) is 14.4 Å². The monoisotopic (exact) mass is 584 g/mol. The van der Waals surface area contributed by atoms with Crippen molar-refractivity contribution in [2.45, 2.75) is 0 Å². The number of rotatable bonds is 8. The zero-order chi connectivity index (χ0) is 26.9. The fourth-order valence-electron chi connectivity index (χ4n) is 3.43. The van der Waals surface area contributed by atoms with Gasteiger partial charge in [-0.1, -0.05) is 76.1 Å². The van der Waals surface area contributed by atoms with Crippen LogP contribution in [0.4, 0.5) is 5.69 Å². The van der Waals surface area contributed by atoms with Crippen molar-refractivity contribution >= 4 is 63.0 Å². The van der Waals surface area contributed by atoms with E-state index in [1.54, 1.807) is 72.8 Å². The van der Waals surface area contributed by atoms with Crippen LogP contribution in [0, 0.1) is 0 Å². The lowest BCUT2D eigenvalue weighted by molar-refractivity contribution is -0.113. The van der Waals surface area contributed by atoms with Crippen LogP contribution in [0.15, 0.2) is 119 Å². The predicted octanol–water partition coefficient (Wildman–Crippen LogP) is 7.41. The number of anilines is 1. The minimum absolute atomic E-state index is 0.0761. The van der Waals surface area contributed by atoms with Crippen LogP contribution in [0.25, 0.3) is 12.2 Å². The lowest BCUT2D eigenvalue weighted by Gasteiger charge is -2.12. The highest BCUT2D eigenvalue weighted by atomic mass is 79.9. The molecule has 4 aromatic rings. The normalized spacial score (nSPS) is 11.3. The van der Waals surface area contributed by atoms with E-state index in [4.69, 9.17) is 11.6 Å². The zero-order valence-corrected chi connectivity index (χ0v) is 22.4. The van der Waals surface area contributed by atoms with Crippen LogP contribution in [-0.4, -0.2) is 17.6 Å². The van der Waals surface area contributed by atoms with Gasteiger partial charge < -0.3 is 10.6 Å². The van der Waals surface area contributed by atoms with Gasteiger partial charge in [0.1, 0.15) is 5.70 Å². The van der Waals surface area contributed by atoms with Gasteiger partial charge in [-0.15, -0.1) is 0 Å². The van der Waals surface area contributed by atoms with Crippen molar-refractivity contribution in [3.8, 4) is 0 Å². The van der Waals surface area contributed by atoms with E-state index < -0.39 is 11.8 Å². The lowest BCUT2D eigenvalue weighted by Crippen LogP contribution is -2.30. The van der Waals surface area contributed by atoms with Gasteiger partial charge in [0.05, 0.1) is 0 Å². The van der Waals surface area contributed by atoms with E-state index in [1.807, 2.05) is 42.5 Å². The number of halogens is 2. The molecule has 38 heavy (non-hydrogen) atoms. The maximum Gasteiger partial charge on any atom is 0.272 e. The molecule has 5 nitrogen and oxygen atoms in total. The Morgan fingerprint density at radius 3 is 2.00 bits per heavy atom. The van der Waals surface area contributed by atoms with Gasteiger partial charge in [0.15, 0.2) is 5.78 Å². The third kappa shape index (κ3) is 7.62. The molecular formula is C31H22BrClN2O3. The molecule has 4 rings (SSSR count). The third-order valence-corrected chi connectivity index (χ3v) is 6.21. The molecule has 188 valence electrons. The summed E-state index contributed by atoms with van der Waals surface area (Å²) in [5.41, 5.74) is 3.04. The summed E-state index contributed by atoms with van der Waals surface area (Å²) in [6, 6.07) is 29.7. The summed E-state index contributed by atoms with van der Waals surface area (Å²) in [7, 11) is 0. The average molecular weight is 586 g/mol. The van der Waals surface area contributed by atoms with E-state index in [-0.39, 0.29) is 11.5 Å². The fraction of sp³-hybridized carbons (Fsp3) is 0. The maximum atomic E-state index is 13.2. The van der Waals surface area contributed by atoms with Crippen LogP contribution < -0.4 is 10.6 Å². The fourth-order valence-corrected chi connectivity index (χ4v) is 3.82. The Morgan fingerprint density at radius 2 is 1.34 bits per heavy atom. The van der Waals surface area contributed by atoms with E-state index in [0.29, 0.717) is 21.8 Å². The SMILES string of the molecule is O=C(Nc1ccc(C(=O)/C=C/c2ccc(Cl)cc2)cc1)/C(=C/c1ccc(Br)cc1)NC(=O)c1ccccc1. The van der Waals surface area contributed by atoms with E-state index in [2.05, 4.69) is 26.6 Å². The first kappa shape index (κ1) is 26.8. The van der Waals surface area contributed by atoms with Crippen LogP contribution in [0.2, 0.25) is 5.02 Å². The number of amides is 2. The Bertz CT molecular complexity index is 1500. The molecule has 0 radical (unpaired) electrons. The second-order valence-corrected chi connectivity index (χ2v) is 9.56. The molecule has 4 aromatic carbocycles. The summed E-state index contributed by atoms with van der Waals surface area (Å²) in [6.07, 6.45) is 4.79. The Labute approximate surface area is 234 Å². The second kappa shape index (κ2) is 12.8. The molecule has 7 heteroatoms. The molecule has 2 amide bonds. The van der Waals surface area contributed by atoms with E-state index in [9.17, 15) is 14.4 Å². The highest BCUT2D eigenvalue weighted by molar-refractivity contribution is 9.10. The van der Waals surface area contributed by atoms with Crippen molar-refractivity contribution in [1.82, 2.24) is 5.32 Å². The minimum atomic E-state index is -0.501. The average Bonchev–Trinajstić information content (AvgIpc) is 2.94. The van der Waals surface area contributed by atoms with Crippen LogP contribution in [-0.2, 0) is 4.79 Å². The van der Waals surface area contributed by atoms with Crippen molar-refractivity contribution in [2.75, 3.05) is 5.32 Å². The van der Waals surface area contributed by atoms with Crippen LogP contribution in [0.5, 0.6) is 0 Å². The topological polar surface area (TPSA) is 75.3 Å². The largest absolute Gasteiger partial charge is 0.321 e. The van der Waals surface area contributed by atoms with E-state index >= 15 is 0 Å². The lowest BCUT2D eigenvalue weighted by atomic mass is 10.1. The van der Waals surface area contributed by atoms with Gasteiger partial charge in [-0.05, 0) is 83.9 Å². The smallest absolute Gasteiger partial charge is 0.272 e. The summed E-state index contributed by atoms with van der Waals surface area (Å²) in [6.45, 7) is 0. The minimum Gasteiger partial charge on any atom is -0.321 e. The third-order valence-electron chi connectivity index (χ3n) is 5.43. The molecule has 0 aliphatic carbocycles. The molecular weight excluding hydrogens is 564 g/mol. The number of hydrogen-bond acceptors (Lipinski definition) is 3. The molecule has 0 fully saturated rings. The Balaban J connectivity index is 1.48. The number of hydrogen-bond donors (Lipinski definition) is 2. The van der Waals surface area contributed by atoms with Gasteiger partial charge in [0, 0.05) is 26.3 Å². The summed E-state index contributed by atoms with van der Waals surface area (Å²) < 4.78 is 0.895. The highest BCUT2D eigenvalue weighted by Gasteiger charge is 2.15. The predicted molar refractivity (Wildman–Crippen MR) is 156 cm³/mol. The van der Waals surface area contributed by atoms with Crippen LogP contribution in [0.3, 0.4) is 0 Å². The first-order valence-electron chi connectivity index (χ1n) is 11.6. The summed E-state index contributed by atoms with van der Waals surface area (Å²) >= 11 is 9.29. The van der Waals surface area contributed by atoms with Crippen LogP contribution in [0.1, 0.15) is 31.8 Å². The quantitative estimate of drug-likeness (QED) is 0.167. The van der Waals surface area contributed by atoms with Crippen LogP contribution >= 0.6 is 27.5 Å². The molecule has 0 heterocycles. The molecule has 0 spiro atoms. The van der Waals surface area contributed by atoms with Crippen molar-refractivity contribution < 1.29 is 14.4 Å². The first-order valence-corrected chi connectivity index (χ1v) is 12.8. The van der Waals surface area contributed by atoms with Crippen molar-refractivity contribution in [1.29, 1.82) is 0 Å². The molecule has 0 aliphatic rings. The first-order chi connectivity index (χ1) is 18.4. The number of benzene rings is 4. The number of carbonyl (C=O) groups excluding carboxylic acids is 3. The molecule has 0 saturated carbocycles. The highest BCUT2D eigenvalue weighted by Crippen LogP contribution is 2.16. The summed E-state index contributed by atoms with van der Waals surface area (Å²) in [4.78, 5) is 38.5. The Morgan fingerprint density at radius 1 is 0.711 bits per heavy atom. The Hall–Kier alpha value is -4.26. The number of ketones is 1. The Kier molecular flexibility index (Phi) is 9.03. The van der Waals surface area contributed by atoms with E-state index in [1.165, 1.54) is 6.08 Å². The molecule has 0 aliphatic heterocycles. The standard InChI is InChI=1S/C31H22BrClN2O3/c32-25-13-6-22(7-14-25)20-28(35-30(37)24-4-2-1-3-5-24)31(38)34-27-17-11-23(12-18-27)29(36)19-10-21-8-15-26(33)16-9-21/h1-20H,(H,34,38)(H,35,37)/b19-10+,28-20-. The van der Waals surface area contributed by atoms with Gasteiger partial charge >= 0.3 is 0 Å². The van der Waals surface area contributed by atoms with Gasteiger partial charge in [0.2, 0.25) is 0 Å². The molecule has 0 saturated heterocycles. The molecule has 0 bridgehead atoms. The second-order valence-electron chi connectivity index (χ2n) is 8.21. The number of allylic oxidation sites excluding steroid dienone is 1. The summed E-state index contributed by atoms with van der Waals surface area (Å²) in [5, 5.41) is 6.12. The van der Waals surface area contributed by atoms with Crippen molar-refractivity contribution in [3.05, 3.63) is 147 Å². The van der Waals surface area contributed by atoms with Crippen molar-refractivity contribution in [2.24, 2.45) is 0 Å². The molecule has 0 unspecified atom stereocenters.